The van der Waals surface area contributed by atoms with Gasteiger partial charge in [-0.2, -0.15) is 0 Å². The number of aliphatic imine (C=N–C) groups is 1. The molecule has 0 N–H and O–H groups in total. The number of benzene rings is 1. The Labute approximate surface area is 199 Å². The number of piperazine rings is 1. The summed E-state index contributed by atoms with van der Waals surface area (Å²) >= 11 is 1.98. The Morgan fingerprint density at radius 2 is 1.53 bits per heavy atom. The van der Waals surface area contributed by atoms with E-state index in [1.165, 1.54) is 75.7 Å². The van der Waals surface area contributed by atoms with E-state index in [1.807, 2.05) is 11.8 Å². The predicted molar refractivity (Wildman–Crippen MR) is 138 cm³/mol. The Morgan fingerprint density at radius 1 is 0.875 bits per heavy atom. The van der Waals surface area contributed by atoms with E-state index in [2.05, 4.69) is 67.6 Å². The van der Waals surface area contributed by atoms with Crippen LogP contribution in [0.25, 0.3) is 0 Å². The van der Waals surface area contributed by atoms with E-state index in [-0.39, 0.29) is 10.8 Å². The van der Waals surface area contributed by atoms with Crippen molar-refractivity contribution in [3.8, 4) is 0 Å². The zero-order valence-electron chi connectivity index (χ0n) is 20.9. The first kappa shape index (κ1) is 22.7. The van der Waals surface area contributed by atoms with Crippen LogP contribution in [0.15, 0.2) is 23.2 Å². The van der Waals surface area contributed by atoms with Gasteiger partial charge in [0.25, 0.3) is 0 Å². The number of fused-ring (bicyclic) bond motifs is 1. The number of nitrogens with zero attached hydrogens (tertiary/aromatic N) is 4. The topological polar surface area (TPSA) is 22.1 Å². The van der Waals surface area contributed by atoms with Crippen LogP contribution in [0, 0.1) is 0 Å². The van der Waals surface area contributed by atoms with E-state index < -0.39 is 0 Å². The Hall–Kier alpha value is -1.04. The summed E-state index contributed by atoms with van der Waals surface area (Å²) in [5.74, 6) is 1.09. The Balaban J connectivity index is 1.25. The standard InChI is InChI=1S/C27H42N4S/c1-26(2)10-11-27(3,4)23-18-20(6-7-22(23)26)24-19-32-25(28-24)31-12-8-21(9-13-31)30-16-14-29(5)15-17-30/h6-7,18,21,24H,8-17,19H2,1-5H3. The lowest BCUT2D eigenvalue weighted by atomic mass is 9.63. The molecule has 3 heterocycles. The minimum Gasteiger partial charge on any atom is -0.351 e. The maximum atomic E-state index is 5.25. The minimum atomic E-state index is 0.268. The van der Waals surface area contributed by atoms with Gasteiger partial charge in [-0.3, -0.25) is 9.89 Å². The van der Waals surface area contributed by atoms with Gasteiger partial charge in [0, 0.05) is 51.1 Å². The van der Waals surface area contributed by atoms with Crippen LogP contribution in [0.2, 0.25) is 0 Å². The lowest BCUT2D eigenvalue weighted by Gasteiger charge is -2.42. The second-order valence-corrected chi connectivity index (χ2v) is 12.9. The van der Waals surface area contributed by atoms with Crippen molar-refractivity contribution in [1.82, 2.24) is 14.7 Å². The van der Waals surface area contributed by atoms with E-state index >= 15 is 0 Å². The summed E-state index contributed by atoms with van der Waals surface area (Å²) in [6.45, 7) is 16.9. The molecule has 4 aliphatic rings. The smallest absolute Gasteiger partial charge is 0.159 e. The van der Waals surface area contributed by atoms with Gasteiger partial charge in [0.05, 0.1) is 6.04 Å². The van der Waals surface area contributed by atoms with Crippen molar-refractivity contribution >= 4 is 16.9 Å². The number of likely N-dealkylation sites (N-methyl/N-ethyl adjacent to an activating group) is 1. The highest BCUT2D eigenvalue weighted by Crippen LogP contribution is 2.47. The molecule has 2 fully saturated rings. The molecule has 3 aliphatic heterocycles. The highest BCUT2D eigenvalue weighted by atomic mass is 32.2. The number of hydrogen-bond acceptors (Lipinski definition) is 5. The fourth-order valence-corrected chi connectivity index (χ4v) is 7.27. The number of thioether (sulfide) groups is 1. The predicted octanol–water partition coefficient (Wildman–Crippen LogP) is 4.89. The van der Waals surface area contributed by atoms with Crippen molar-refractivity contribution < 1.29 is 0 Å². The summed E-state index contributed by atoms with van der Waals surface area (Å²) in [4.78, 5) is 13.0. The van der Waals surface area contributed by atoms with Gasteiger partial charge in [-0.05, 0) is 60.3 Å². The van der Waals surface area contributed by atoms with Crippen molar-refractivity contribution in [3.63, 3.8) is 0 Å². The van der Waals surface area contributed by atoms with Crippen molar-refractivity contribution in [3.05, 3.63) is 34.9 Å². The molecular formula is C27H42N4S. The Kier molecular flexibility index (Phi) is 6.13. The van der Waals surface area contributed by atoms with Crippen molar-refractivity contribution in [2.75, 3.05) is 52.1 Å². The van der Waals surface area contributed by atoms with Gasteiger partial charge in [0.15, 0.2) is 5.17 Å². The molecule has 5 rings (SSSR count). The molecule has 32 heavy (non-hydrogen) atoms. The third-order valence-corrected chi connectivity index (χ3v) is 9.79. The summed E-state index contributed by atoms with van der Waals surface area (Å²) in [7, 11) is 2.25. The molecule has 0 amide bonds. The van der Waals surface area contributed by atoms with Gasteiger partial charge in [0.2, 0.25) is 0 Å². The van der Waals surface area contributed by atoms with Crippen LogP contribution < -0.4 is 0 Å². The average Bonchev–Trinajstić information content (AvgIpc) is 3.28. The van der Waals surface area contributed by atoms with Gasteiger partial charge in [0.1, 0.15) is 0 Å². The van der Waals surface area contributed by atoms with E-state index in [9.17, 15) is 0 Å². The molecule has 1 aliphatic carbocycles. The molecule has 1 aromatic rings. The molecule has 0 radical (unpaired) electrons. The lowest BCUT2D eigenvalue weighted by Crippen LogP contribution is -2.52. The molecule has 0 spiro atoms. The number of amidine groups is 1. The maximum absolute atomic E-state index is 5.25. The summed E-state index contributed by atoms with van der Waals surface area (Å²) in [6, 6.07) is 8.39. The fraction of sp³-hybridized carbons (Fsp3) is 0.741. The molecule has 2 saturated heterocycles. The van der Waals surface area contributed by atoms with E-state index in [0.29, 0.717) is 6.04 Å². The third-order valence-electron chi connectivity index (χ3n) is 8.69. The molecule has 1 atom stereocenters. The molecular weight excluding hydrogens is 412 g/mol. The fourth-order valence-electron chi connectivity index (χ4n) is 6.13. The van der Waals surface area contributed by atoms with Gasteiger partial charge < -0.3 is 9.80 Å². The molecule has 1 aromatic carbocycles. The SMILES string of the molecule is CN1CCN(C2CCN(C3=NC(c4ccc5c(c4)C(C)(C)CCC5(C)C)CS3)CC2)CC1. The number of hydrogen-bond donors (Lipinski definition) is 0. The molecule has 176 valence electrons. The van der Waals surface area contributed by atoms with Crippen molar-refractivity contribution in [1.29, 1.82) is 0 Å². The van der Waals surface area contributed by atoms with Crippen LogP contribution in [-0.2, 0) is 10.8 Å². The molecule has 0 saturated carbocycles. The van der Waals surface area contributed by atoms with Gasteiger partial charge in [-0.25, -0.2) is 0 Å². The van der Waals surface area contributed by atoms with Gasteiger partial charge in [-0.15, -0.1) is 0 Å². The molecule has 0 aromatic heterocycles. The van der Waals surface area contributed by atoms with Crippen LogP contribution in [0.3, 0.4) is 0 Å². The first-order valence-corrected chi connectivity index (χ1v) is 13.7. The molecule has 1 unspecified atom stereocenters. The zero-order valence-corrected chi connectivity index (χ0v) is 21.7. The van der Waals surface area contributed by atoms with Crippen molar-refractivity contribution in [2.45, 2.75) is 76.3 Å². The monoisotopic (exact) mass is 454 g/mol. The minimum absolute atomic E-state index is 0.268. The quantitative estimate of drug-likeness (QED) is 0.634. The zero-order chi connectivity index (χ0) is 22.5. The van der Waals surface area contributed by atoms with Crippen LogP contribution in [0.1, 0.15) is 76.1 Å². The number of piperidine rings is 1. The van der Waals surface area contributed by atoms with Crippen LogP contribution in [0.4, 0.5) is 0 Å². The second kappa shape index (κ2) is 8.63. The van der Waals surface area contributed by atoms with E-state index in [4.69, 9.17) is 4.99 Å². The summed E-state index contributed by atoms with van der Waals surface area (Å²) < 4.78 is 0. The number of likely N-dealkylation sites (tertiary alicyclic amines) is 1. The lowest BCUT2D eigenvalue weighted by molar-refractivity contribution is 0.0822. The number of rotatable bonds is 2. The van der Waals surface area contributed by atoms with Crippen LogP contribution in [0.5, 0.6) is 0 Å². The van der Waals surface area contributed by atoms with Crippen molar-refractivity contribution in [2.24, 2.45) is 4.99 Å². The van der Waals surface area contributed by atoms with Crippen LogP contribution in [-0.4, -0.2) is 78.0 Å². The van der Waals surface area contributed by atoms with E-state index in [1.54, 1.807) is 11.1 Å². The Bertz CT molecular complexity index is 860. The second-order valence-electron chi connectivity index (χ2n) is 11.9. The van der Waals surface area contributed by atoms with Crippen LogP contribution >= 0.6 is 11.8 Å². The highest BCUT2D eigenvalue weighted by molar-refractivity contribution is 8.14. The normalized spacial score (nSPS) is 29.1. The largest absolute Gasteiger partial charge is 0.351 e. The molecule has 5 heteroatoms. The summed E-state index contributed by atoms with van der Waals surface area (Å²) in [6.07, 6.45) is 5.12. The first-order valence-electron chi connectivity index (χ1n) is 12.8. The first-order chi connectivity index (χ1) is 15.2. The summed E-state index contributed by atoms with van der Waals surface area (Å²) in [5.41, 5.74) is 5.09. The Morgan fingerprint density at radius 3 is 2.22 bits per heavy atom. The molecule has 0 bridgehead atoms. The highest BCUT2D eigenvalue weighted by Gasteiger charge is 2.38. The molecule has 4 nitrogen and oxygen atoms in total. The van der Waals surface area contributed by atoms with E-state index in [0.717, 1.165) is 11.8 Å². The van der Waals surface area contributed by atoms with Gasteiger partial charge in [-0.1, -0.05) is 57.7 Å². The third kappa shape index (κ3) is 4.37. The van der Waals surface area contributed by atoms with Gasteiger partial charge >= 0.3 is 0 Å². The maximum Gasteiger partial charge on any atom is 0.159 e. The summed E-state index contributed by atoms with van der Waals surface area (Å²) in [5, 5.41) is 1.30. The average molecular weight is 455 g/mol.